The average molecular weight is 433 g/mol. The van der Waals surface area contributed by atoms with E-state index >= 15 is 0 Å². The fourth-order valence-electron chi connectivity index (χ4n) is 3.25. The normalized spacial score (nSPS) is 14.6. The average Bonchev–Trinajstić information content (AvgIpc) is 2.73. The third-order valence-corrected chi connectivity index (χ3v) is 6.46. The van der Waals surface area contributed by atoms with Crippen LogP contribution in [0.5, 0.6) is 0 Å². The van der Waals surface area contributed by atoms with Gasteiger partial charge >= 0.3 is 0 Å². The largest absolute Gasteiger partial charge is 0.353 e. The predicted molar refractivity (Wildman–Crippen MR) is 111 cm³/mol. The van der Waals surface area contributed by atoms with E-state index in [0.29, 0.717) is 43.1 Å². The van der Waals surface area contributed by atoms with Crippen LogP contribution in [-0.4, -0.2) is 61.9 Å². The molecule has 2 aromatic rings. The van der Waals surface area contributed by atoms with Crippen LogP contribution in [-0.2, 0) is 10.0 Å². The number of nitrogens with zero attached hydrogens (tertiary/aromatic N) is 4. The number of sulfonamides is 1. The summed E-state index contributed by atoms with van der Waals surface area (Å²) in [6, 6.07) is 7.53. The van der Waals surface area contributed by atoms with E-state index in [1.807, 2.05) is 4.90 Å². The van der Waals surface area contributed by atoms with E-state index in [0.717, 1.165) is 0 Å². The lowest BCUT2D eigenvalue weighted by Gasteiger charge is -2.35. The van der Waals surface area contributed by atoms with Gasteiger partial charge in [-0.1, -0.05) is 13.0 Å². The summed E-state index contributed by atoms with van der Waals surface area (Å²) in [6.45, 7) is 5.63. The molecule has 0 saturated carbocycles. The van der Waals surface area contributed by atoms with Gasteiger partial charge in [0.25, 0.3) is 11.6 Å². The second-order valence-electron chi connectivity index (χ2n) is 6.89. The van der Waals surface area contributed by atoms with Crippen LogP contribution in [0, 0.1) is 17.0 Å². The number of nitro groups is 1. The number of hydrogen-bond acceptors (Lipinski definition) is 7. The summed E-state index contributed by atoms with van der Waals surface area (Å²) < 4.78 is 27.0. The fourth-order valence-corrected chi connectivity index (χ4v) is 4.32. The molecule has 0 aliphatic carbocycles. The molecule has 0 spiro atoms. The second kappa shape index (κ2) is 8.76. The summed E-state index contributed by atoms with van der Waals surface area (Å²) in [4.78, 5) is 31.1. The van der Waals surface area contributed by atoms with Crippen molar-refractivity contribution >= 4 is 27.4 Å². The third-order valence-electron chi connectivity index (χ3n) is 4.92. The number of carbonyl (C=O) groups is 1. The van der Waals surface area contributed by atoms with E-state index in [9.17, 15) is 23.3 Å². The Hall–Kier alpha value is -3.05. The Labute approximate surface area is 174 Å². The molecule has 2 heterocycles. The molecule has 1 amide bonds. The summed E-state index contributed by atoms with van der Waals surface area (Å²) in [5, 5.41) is 10.8. The molecule has 1 aliphatic heterocycles. The Morgan fingerprint density at radius 1 is 1.20 bits per heavy atom. The van der Waals surface area contributed by atoms with E-state index in [1.165, 1.54) is 24.4 Å². The number of anilines is 1. The van der Waals surface area contributed by atoms with Crippen molar-refractivity contribution in [3.8, 4) is 0 Å². The van der Waals surface area contributed by atoms with Crippen LogP contribution in [0.25, 0.3) is 0 Å². The van der Waals surface area contributed by atoms with Gasteiger partial charge in [-0.05, 0) is 30.7 Å². The van der Waals surface area contributed by atoms with Crippen molar-refractivity contribution < 1.29 is 18.1 Å². The first-order chi connectivity index (χ1) is 14.2. The number of pyridine rings is 1. The summed E-state index contributed by atoms with van der Waals surface area (Å²) >= 11 is 0. The summed E-state index contributed by atoms with van der Waals surface area (Å²) in [7, 11) is -3.65. The maximum absolute atomic E-state index is 13.0. The second-order valence-corrected chi connectivity index (χ2v) is 8.66. The van der Waals surface area contributed by atoms with Crippen molar-refractivity contribution in [1.29, 1.82) is 0 Å². The topological polar surface area (TPSA) is 126 Å². The van der Waals surface area contributed by atoms with E-state index in [4.69, 9.17) is 0 Å². The molecular weight excluding hydrogens is 410 g/mol. The molecule has 1 aromatic carbocycles. The molecule has 11 heteroatoms. The first-order valence-electron chi connectivity index (χ1n) is 9.48. The minimum Gasteiger partial charge on any atom is -0.353 e. The minimum absolute atomic E-state index is 0.0621. The highest BCUT2D eigenvalue weighted by molar-refractivity contribution is 7.89. The van der Waals surface area contributed by atoms with E-state index in [-0.39, 0.29) is 23.0 Å². The molecule has 1 fully saturated rings. The Bertz CT molecular complexity index is 1050. The molecule has 1 aliphatic rings. The molecule has 10 nitrogen and oxygen atoms in total. The van der Waals surface area contributed by atoms with Crippen LogP contribution in [0.15, 0.2) is 41.4 Å². The van der Waals surface area contributed by atoms with Crippen LogP contribution in [0.4, 0.5) is 11.5 Å². The first kappa shape index (κ1) is 21.7. The molecule has 1 saturated heterocycles. The van der Waals surface area contributed by atoms with Crippen molar-refractivity contribution in [3.63, 3.8) is 0 Å². The summed E-state index contributed by atoms with van der Waals surface area (Å²) in [5.74, 6) is 0.389. The maximum Gasteiger partial charge on any atom is 0.287 e. The van der Waals surface area contributed by atoms with Crippen LogP contribution in [0.2, 0.25) is 0 Å². The zero-order valence-electron chi connectivity index (χ0n) is 16.7. The molecule has 0 radical (unpaired) electrons. The van der Waals surface area contributed by atoms with Gasteiger partial charge in [0.05, 0.1) is 9.82 Å². The number of aryl methyl sites for hydroxylation is 1. The number of amides is 1. The Balaban J connectivity index is 1.71. The van der Waals surface area contributed by atoms with Crippen molar-refractivity contribution in [2.75, 3.05) is 37.6 Å². The van der Waals surface area contributed by atoms with Gasteiger partial charge in [-0.3, -0.25) is 14.9 Å². The van der Waals surface area contributed by atoms with Gasteiger partial charge in [0.15, 0.2) is 0 Å². The SMILES string of the molecule is CCNS(=O)(=O)c1ccc(C)c(C(=O)N2CCN(c3ccc([N+](=O)[O-])cn3)CC2)c1. The highest BCUT2D eigenvalue weighted by Crippen LogP contribution is 2.21. The lowest BCUT2D eigenvalue weighted by molar-refractivity contribution is -0.385. The lowest BCUT2D eigenvalue weighted by atomic mass is 10.1. The standard InChI is InChI=1S/C19H23N5O5S/c1-3-21-30(28,29)16-6-4-14(2)17(12-16)19(25)23-10-8-22(9-11-23)18-7-5-15(13-20-18)24(26)27/h4-7,12-13,21H,3,8-11H2,1-2H3. The number of rotatable bonds is 6. The van der Waals surface area contributed by atoms with Crippen LogP contribution in [0.1, 0.15) is 22.8 Å². The van der Waals surface area contributed by atoms with Crippen LogP contribution >= 0.6 is 0 Å². The quantitative estimate of drug-likeness (QED) is 0.541. The number of benzene rings is 1. The third kappa shape index (κ3) is 4.57. The van der Waals surface area contributed by atoms with Gasteiger partial charge in [-0.25, -0.2) is 18.1 Å². The highest BCUT2D eigenvalue weighted by Gasteiger charge is 2.25. The Kier molecular flexibility index (Phi) is 6.32. The molecule has 1 N–H and O–H groups in total. The van der Waals surface area contributed by atoms with E-state index < -0.39 is 14.9 Å². The molecule has 0 atom stereocenters. The van der Waals surface area contributed by atoms with Gasteiger partial charge in [0.2, 0.25) is 10.0 Å². The number of piperazine rings is 1. The van der Waals surface area contributed by atoms with Gasteiger partial charge < -0.3 is 9.80 Å². The molecule has 30 heavy (non-hydrogen) atoms. The van der Waals surface area contributed by atoms with E-state index in [1.54, 1.807) is 30.9 Å². The summed E-state index contributed by atoms with van der Waals surface area (Å²) in [5.41, 5.74) is 0.987. The van der Waals surface area contributed by atoms with E-state index in [2.05, 4.69) is 9.71 Å². The zero-order chi connectivity index (χ0) is 21.9. The number of carbonyl (C=O) groups excluding carboxylic acids is 1. The lowest BCUT2D eigenvalue weighted by Crippen LogP contribution is -2.49. The van der Waals surface area contributed by atoms with Gasteiger partial charge in [-0.2, -0.15) is 0 Å². The zero-order valence-corrected chi connectivity index (χ0v) is 17.6. The van der Waals surface area contributed by atoms with Crippen molar-refractivity contribution in [3.05, 3.63) is 57.8 Å². The molecule has 0 bridgehead atoms. The highest BCUT2D eigenvalue weighted by atomic mass is 32.2. The number of nitrogens with one attached hydrogen (secondary N) is 1. The monoisotopic (exact) mass is 433 g/mol. The van der Waals surface area contributed by atoms with Gasteiger partial charge in [0, 0.05) is 44.4 Å². The minimum atomic E-state index is -3.65. The summed E-state index contributed by atoms with van der Waals surface area (Å²) in [6.07, 6.45) is 1.21. The van der Waals surface area contributed by atoms with Crippen molar-refractivity contribution in [2.45, 2.75) is 18.7 Å². The van der Waals surface area contributed by atoms with Crippen LogP contribution in [0.3, 0.4) is 0 Å². The fraction of sp³-hybridized carbons (Fsp3) is 0.368. The molecule has 0 unspecified atom stereocenters. The smallest absolute Gasteiger partial charge is 0.287 e. The van der Waals surface area contributed by atoms with Crippen molar-refractivity contribution in [1.82, 2.24) is 14.6 Å². The Morgan fingerprint density at radius 3 is 2.47 bits per heavy atom. The molecular formula is C19H23N5O5S. The number of hydrogen-bond donors (Lipinski definition) is 1. The van der Waals surface area contributed by atoms with Crippen LogP contribution < -0.4 is 9.62 Å². The van der Waals surface area contributed by atoms with Gasteiger partial charge in [0.1, 0.15) is 12.0 Å². The Morgan fingerprint density at radius 2 is 1.90 bits per heavy atom. The maximum atomic E-state index is 13.0. The molecule has 160 valence electrons. The molecule has 1 aromatic heterocycles. The molecule has 3 rings (SSSR count). The van der Waals surface area contributed by atoms with Gasteiger partial charge in [-0.15, -0.1) is 0 Å². The number of aromatic nitrogens is 1. The van der Waals surface area contributed by atoms with Crippen molar-refractivity contribution in [2.24, 2.45) is 0 Å². The first-order valence-corrected chi connectivity index (χ1v) is 11.0. The predicted octanol–water partition coefficient (Wildman–Crippen LogP) is 1.56.